The number of sulfonamides is 1. The van der Waals surface area contributed by atoms with Crippen molar-refractivity contribution in [1.29, 1.82) is 0 Å². The number of alkyl halides is 3. The molecule has 0 saturated carbocycles. The Hall–Kier alpha value is -1.28. The fourth-order valence-corrected chi connectivity index (χ4v) is 3.21. The normalized spacial score (nSPS) is 13.2. The highest BCUT2D eigenvalue weighted by Gasteiger charge is 2.38. The van der Waals surface area contributed by atoms with Crippen LogP contribution in [0.4, 0.5) is 18.9 Å². The highest BCUT2D eigenvalue weighted by Crippen LogP contribution is 2.25. The molecule has 0 amide bonds. The first kappa shape index (κ1) is 15.8. The number of hydrogen-bond donors (Lipinski definition) is 1. The van der Waals surface area contributed by atoms with Gasteiger partial charge in [-0.25, -0.2) is 8.42 Å². The third-order valence-electron chi connectivity index (χ3n) is 2.38. The van der Waals surface area contributed by atoms with Crippen LogP contribution in [-0.4, -0.2) is 31.5 Å². The van der Waals surface area contributed by atoms with E-state index in [-0.39, 0.29) is 10.6 Å². The van der Waals surface area contributed by atoms with Crippen molar-refractivity contribution in [1.82, 2.24) is 4.31 Å². The molecule has 0 unspecified atom stereocenters. The van der Waals surface area contributed by atoms with Gasteiger partial charge in [-0.3, -0.25) is 0 Å². The number of rotatable bonds is 4. The lowest BCUT2D eigenvalue weighted by molar-refractivity contribution is -0.138. The molecule has 0 aromatic heterocycles. The zero-order valence-electron chi connectivity index (χ0n) is 10.5. The zero-order valence-corrected chi connectivity index (χ0v) is 11.3. The molecule has 0 saturated heterocycles. The van der Waals surface area contributed by atoms with Gasteiger partial charge in [0.2, 0.25) is 10.0 Å². The molecule has 4 nitrogen and oxygen atoms in total. The molecule has 8 heteroatoms. The van der Waals surface area contributed by atoms with Crippen molar-refractivity contribution in [2.45, 2.75) is 31.0 Å². The minimum Gasteiger partial charge on any atom is -0.399 e. The van der Waals surface area contributed by atoms with Crippen molar-refractivity contribution in [3.8, 4) is 0 Å². The monoisotopic (exact) mass is 296 g/mol. The van der Waals surface area contributed by atoms with Gasteiger partial charge in [-0.05, 0) is 32.0 Å². The van der Waals surface area contributed by atoms with Gasteiger partial charge in [0, 0.05) is 11.7 Å². The molecule has 0 aliphatic carbocycles. The highest BCUT2D eigenvalue weighted by atomic mass is 32.2. The standard InChI is InChI=1S/C11H15F3N2O2S/c1-8(2)16(7-11(12,13)14)19(17,18)10-5-3-4-9(15)6-10/h3-6,8H,7,15H2,1-2H3. The minimum atomic E-state index is -4.60. The van der Waals surface area contributed by atoms with Gasteiger partial charge in [-0.2, -0.15) is 17.5 Å². The van der Waals surface area contributed by atoms with Crippen LogP contribution in [0.5, 0.6) is 0 Å². The van der Waals surface area contributed by atoms with E-state index in [0.717, 1.165) is 6.07 Å². The lowest BCUT2D eigenvalue weighted by Crippen LogP contribution is -2.43. The molecule has 0 aliphatic heterocycles. The molecule has 0 atom stereocenters. The number of hydrogen-bond acceptors (Lipinski definition) is 3. The first-order valence-corrected chi connectivity index (χ1v) is 6.92. The van der Waals surface area contributed by atoms with Crippen LogP contribution in [-0.2, 0) is 10.0 Å². The molecule has 0 radical (unpaired) electrons. The van der Waals surface area contributed by atoms with E-state index in [4.69, 9.17) is 5.73 Å². The van der Waals surface area contributed by atoms with Crippen LogP contribution >= 0.6 is 0 Å². The molecule has 0 spiro atoms. The van der Waals surface area contributed by atoms with E-state index < -0.39 is 28.8 Å². The molecule has 0 heterocycles. The summed E-state index contributed by atoms with van der Waals surface area (Å²) in [6.07, 6.45) is -4.60. The van der Waals surface area contributed by atoms with E-state index >= 15 is 0 Å². The van der Waals surface area contributed by atoms with Crippen LogP contribution in [0.15, 0.2) is 29.2 Å². The minimum absolute atomic E-state index is 0.178. The first-order valence-electron chi connectivity index (χ1n) is 5.48. The number of nitrogen functional groups attached to an aromatic ring is 1. The summed E-state index contributed by atoms with van der Waals surface area (Å²) in [5.74, 6) is 0. The van der Waals surface area contributed by atoms with Crippen LogP contribution in [0.1, 0.15) is 13.8 Å². The van der Waals surface area contributed by atoms with Crippen LogP contribution < -0.4 is 5.73 Å². The molecule has 1 aromatic carbocycles. The Labute approximate surface area is 110 Å². The Balaban J connectivity index is 3.21. The Morgan fingerprint density at radius 2 is 1.89 bits per heavy atom. The molecule has 19 heavy (non-hydrogen) atoms. The number of nitrogens with two attached hydrogens (primary N) is 1. The summed E-state index contributed by atoms with van der Waals surface area (Å²) in [6, 6.07) is 4.39. The van der Waals surface area contributed by atoms with Crippen molar-refractivity contribution in [3.05, 3.63) is 24.3 Å². The fraction of sp³-hybridized carbons (Fsp3) is 0.455. The number of anilines is 1. The maximum atomic E-state index is 12.5. The second-order valence-electron chi connectivity index (χ2n) is 4.33. The Morgan fingerprint density at radius 3 is 2.32 bits per heavy atom. The van der Waals surface area contributed by atoms with Gasteiger partial charge >= 0.3 is 6.18 Å². The molecule has 1 rings (SSSR count). The maximum Gasteiger partial charge on any atom is 0.402 e. The van der Waals surface area contributed by atoms with E-state index in [1.165, 1.54) is 32.0 Å². The summed E-state index contributed by atoms with van der Waals surface area (Å²) in [4.78, 5) is -0.245. The Bertz CT molecular complexity index is 541. The molecule has 0 fully saturated rings. The van der Waals surface area contributed by atoms with Crippen LogP contribution in [0.2, 0.25) is 0 Å². The van der Waals surface area contributed by atoms with E-state index in [1.807, 2.05) is 0 Å². The number of halogens is 3. The van der Waals surface area contributed by atoms with E-state index in [0.29, 0.717) is 4.31 Å². The molecule has 108 valence electrons. The van der Waals surface area contributed by atoms with Crippen LogP contribution in [0.3, 0.4) is 0 Å². The largest absolute Gasteiger partial charge is 0.402 e. The molecular formula is C11H15F3N2O2S. The van der Waals surface area contributed by atoms with E-state index in [1.54, 1.807) is 0 Å². The molecule has 2 N–H and O–H groups in total. The molecule has 0 aliphatic rings. The summed E-state index contributed by atoms with van der Waals surface area (Å²) < 4.78 is 62.1. The van der Waals surface area contributed by atoms with Gasteiger partial charge in [0.1, 0.15) is 6.54 Å². The number of nitrogens with zero attached hydrogens (tertiary/aromatic N) is 1. The van der Waals surface area contributed by atoms with Gasteiger partial charge in [-0.1, -0.05) is 6.07 Å². The first-order chi connectivity index (χ1) is 8.54. The van der Waals surface area contributed by atoms with E-state index in [2.05, 4.69) is 0 Å². The quantitative estimate of drug-likeness (QED) is 0.867. The third kappa shape index (κ3) is 4.10. The second kappa shape index (κ2) is 5.38. The lowest BCUT2D eigenvalue weighted by atomic mass is 10.3. The van der Waals surface area contributed by atoms with Crippen molar-refractivity contribution in [2.75, 3.05) is 12.3 Å². The Kier molecular flexibility index (Phi) is 4.46. The van der Waals surface area contributed by atoms with Crippen molar-refractivity contribution < 1.29 is 21.6 Å². The van der Waals surface area contributed by atoms with Gasteiger partial charge in [0.25, 0.3) is 0 Å². The van der Waals surface area contributed by atoms with E-state index in [9.17, 15) is 21.6 Å². The second-order valence-corrected chi connectivity index (χ2v) is 6.22. The van der Waals surface area contributed by atoms with Crippen LogP contribution in [0.25, 0.3) is 0 Å². The zero-order chi connectivity index (χ0) is 14.8. The summed E-state index contributed by atoms with van der Waals surface area (Å²) in [5.41, 5.74) is 5.63. The smallest absolute Gasteiger partial charge is 0.399 e. The maximum absolute atomic E-state index is 12.5. The summed E-state index contributed by atoms with van der Waals surface area (Å²) in [5, 5.41) is 0. The van der Waals surface area contributed by atoms with Crippen molar-refractivity contribution >= 4 is 15.7 Å². The molecule has 0 bridgehead atoms. The Morgan fingerprint density at radius 1 is 1.32 bits per heavy atom. The summed E-state index contributed by atoms with van der Waals surface area (Å²) in [6.45, 7) is 1.24. The van der Waals surface area contributed by atoms with Gasteiger partial charge in [0.15, 0.2) is 0 Å². The topological polar surface area (TPSA) is 63.4 Å². The van der Waals surface area contributed by atoms with Gasteiger partial charge in [-0.15, -0.1) is 0 Å². The van der Waals surface area contributed by atoms with Crippen LogP contribution in [0, 0.1) is 0 Å². The van der Waals surface area contributed by atoms with Crippen molar-refractivity contribution in [3.63, 3.8) is 0 Å². The fourth-order valence-electron chi connectivity index (χ4n) is 1.53. The lowest BCUT2D eigenvalue weighted by Gasteiger charge is -2.26. The predicted octanol–water partition coefficient (Wildman–Crippen LogP) is 2.23. The average Bonchev–Trinajstić information content (AvgIpc) is 2.24. The summed E-state index contributed by atoms with van der Waals surface area (Å²) >= 11 is 0. The molecule has 1 aromatic rings. The highest BCUT2D eigenvalue weighted by molar-refractivity contribution is 7.89. The summed E-state index contributed by atoms with van der Waals surface area (Å²) in [7, 11) is -4.22. The third-order valence-corrected chi connectivity index (χ3v) is 4.39. The van der Waals surface area contributed by atoms with Gasteiger partial charge in [0.05, 0.1) is 4.90 Å². The van der Waals surface area contributed by atoms with Gasteiger partial charge < -0.3 is 5.73 Å². The van der Waals surface area contributed by atoms with Crippen molar-refractivity contribution in [2.24, 2.45) is 0 Å². The predicted molar refractivity (Wildman–Crippen MR) is 65.9 cm³/mol. The average molecular weight is 296 g/mol. The molecular weight excluding hydrogens is 281 g/mol. The SMILES string of the molecule is CC(C)N(CC(F)(F)F)S(=O)(=O)c1cccc(N)c1. The number of benzene rings is 1.